The van der Waals surface area contributed by atoms with E-state index in [1.54, 1.807) is 13.1 Å². The molecule has 2 heterocycles. The van der Waals surface area contributed by atoms with E-state index in [4.69, 9.17) is 9.73 Å². The van der Waals surface area contributed by atoms with E-state index in [0.717, 1.165) is 54.6 Å². The van der Waals surface area contributed by atoms with Gasteiger partial charge in [-0.05, 0) is 49.6 Å². The first-order valence-corrected chi connectivity index (χ1v) is 12.6. The van der Waals surface area contributed by atoms with E-state index < -0.39 is 11.5 Å². The van der Waals surface area contributed by atoms with Crippen molar-refractivity contribution in [3.8, 4) is 11.8 Å². The third-order valence-electron chi connectivity index (χ3n) is 7.34. The topological polar surface area (TPSA) is 110 Å². The van der Waals surface area contributed by atoms with Gasteiger partial charge in [0.15, 0.2) is 11.7 Å². The fourth-order valence-corrected chi connectivity index (χ4v) is 5.47. The van der Waals surface area contributed by atoms with Gasteiger partial charge in [-0.2, -0.15) is 5.26 Å². The van der Waals surface area contributed by atoms with E-state index in [-0.39, 0.29) is 24.8 Å². The Balaban J connectivity index is 1.42. The molecule has 2 fully saturated rings. The summed E-state index contributed by atoms with van der Waals surface area (Å²) in [6.45, 7) is 2.07. The standard InChI is InChI=1S/C28H29N5O3/c1-2-36-27(35)22(31-23-18-24(34)28(23)13-4-3-5-14-28)17-19-8-10-20(11-9-19)33-25(12-15-29)32-21-7-6-16-30-26(21)33/h6-11,16,22H,2-5,12-14,17-18H2,1H3/t22-/m0/s1. The number of nitriles is 1. The van der Waals surface area contributed by atoms with Crippen molar-refractivity contribution < 1.29 is 14.3 Å². The van der Waals surface area contributed by atoms with Crippen LogP contribution in [0.3, 0.4) is 0 Å². The lowest BCUT2D eigenvalue weighted by Gasteiger charge is -2.44. The zero-order valence-electron chi connectivity index (χ0n) is 20.4. The molecule has 0 aliphatic heterocycles. The lowest BCUT2D eigenvalue weighted by Crippen LogP contribution is -2.52. The van der Waals surface area contributed by atoms with Gasteiger partial charge >= 0.3 is 5.97 Å². The number of hydrogen-bond acceptors (Lipinski definition) is 7. The van der Waals surface area contributed by atoms with Crippen molar-refractivity contribution in [3.05, 3.63) is 54.0 Å². The van der Waals surface area contributed by atoms with Crippen LogP contribution in [-0.4, -0.2) is 44.6 Å². The van der Waals surface area contributed by atoms with Crippen molar-refractivity contribution in [2.24, 2.45) is 10.4 Å². The Labute approximate surface area is 210 Å². The normalized spacial score (nSPS) is 18.7. The van der Waals surface area contributed by atoms with Crippen molar-refractivity contribution in [2.45, 2.75) is 64.3 Å². The van der Waals surface area contributed by atoms with Gasteiger partial charge in [0.1, 0.15) is 17.1 Å². The summed E-state index contributed by atoms with van der Waals surface area (Å²) in [6, 6.07) is 13.0. The van der Waals surface area contributed by atoms with Crippen LogP contribution in [0.2, 0.25) is 0 Å². The number of aromatic nitrogens is 3. The van der Waals surface area contributed by atoms with Crippen LogP contribution in [0.25, 0.3) is 16.9 Å². The fourth-order valence-electron chi connectivity index (χ4n) is 5.47. The number of fused-ring (bicyclic) bond motifs is 1. The number of aliphatic imine (C=N–C) groups is 1. The molecular weight excluding hydrogens is 454 g/mol. The van der Waals surface area contributed by atoms with Crippen LogP contribution >= 0.6 is 0 Å². The zero-order chi connectivity index (χ0) is 25.1. The maximum absolute atomic E-state index is 12.8. The molecule has 2 aromatic heterocycles. The van der Waals surface area contributed by atoms with Crippen molar-refractivity contribution >= 4 is 28.6 Å². The summed E-state index contributed by atoms with van der Waals surface area (Å²) in [6.07, 6.45) is 7.49. The Kier molecular flexibility index (Phi) is 6.64. The van der Waals surface area contributed by atoms with E-state index in [1.165, 1.54) is 0 Å². The molecule has 36 heavy (non-hydrogen) atoms. The predicted molar refractivity (Wildman–Crippen MR) is 135 cm³/mol. The highest BCUT2D eigenvalue weighted by molar-refractivity contribution is 6.27. The van der Waals surface area contributed by atoms with E-state index in [2.05, 4.69) is 16.0 Å². The number of ether oxygens (including phenoxy) is 1. The van der Waals surface area contributed by atoms with Gasteiger partial charge in [-0.3, -0.25) is 14.4 Å². The van der Waals surface area contributed by atoms with E-state index in [9.17, 15) is 14.9 Å². The lowest BCUT2D eigenvalue weighted by molar-refractivity contribution is -0.144. The summed E-state index contributed by atoms with van der Waals surface area (Å²) >= 11 is 0. The number of ketones is 1. The van der Waals surface area contributed by atoms with Crippen molar-refractivity contribution in [2.75, 3.05) is 6.61 Å². The first-order valence-electron chi connectivity index (χ1n) is 12.6. The Morgan fingerprint density at radius 3 is 2.69 bits per heavy atom. The molecule has 8 nitrogen and oxygen atoms in total. The Hall–Kier alpha value is -3.86. The molecular formula is C28H29N5O3. The van der Waals surface area contributed by atoms with Gasteiger partial charge in [0.25, 0.3) is 0 Å². The molecule has 0 unspecified atom stereocenters. The van der Waals surface area contributed by atoms with Crippen LogP contribution in [0.15, 0.2) is 47.6 Å². The van der Waals surface area contributed by atoms with Crippen LogP contribution in [0.1, 0.15) is 56.8 Å². The van der Waals surface area contributed by atoms with E-state index in [0.29, 0.717) is 24.3 Å². The number of nitrogens with zero attached hydrogens (tertiary/aromatic N) is 5. The maximum atomic E-state index is 12.8. The molecule has 3 aromatic rings. The smallest absolute Gasteiger partial charge is 0.331 e. The molecule has 2 aliphatic rings. The predicted octanol–water partition coefficient (Wildman–Crippen LogP) is 4.33. The molecule has 1 atom stereocenters. The number of carbonyl (C=O) groups excluding carboxylic acids is 2. The number of esters is 1. The molecule has 1 aromatic carbocycles. The van der Waals surface area contributed by atoms with Gasteiger partial charge in [0.05, 0.1) is 24.5 Å². The summed E-state index contributed by atoms with van der Waals surface area (Å²) in [5.74, 6) is 0.532. The first-order chi connectivity index (χ1) is 17.6. The van der Waals surface area contributed by atoms with Crippen molar-refractivity contribution in [3.63, 3.8) is 0 Å². The van der Waals surface area contributed by atoms with Gasteiger partial charge in [0, 0.05) is 30.4 Å². The zero-order valence-corrected chi connectivity index (χ0v) is 20.4. The van der Waals surface area contributed by atoms with Crippen LogP contribution < -0.4 is 0 Å². The van der Waals surface area contributed by atoms with Crippen LogP contribution in [-0.2, 0) is 27.2 Å². The quantitative estimate of drug-likeness (QED) is 0.463. The highest BCUT2D eigenvalue weighted by atomic mass is 16.5. The number of benzene rings is 1. The van der Waals surface area contributed by atoms with Crippen LogP contribution in [0.5, 0.6) is 0 Å². The van der Waals surface area contributed by atoms with E-state index in [1.807, 2.05) is 41.0 Å². The van der Waals surface area contributed by atoms with Gasteiger partial charge in [-0.25, -0.2) is 14.8 Å². The highest BCUT2D eigenvalue weighted by Crippen LogP contribution is 2.47. The minimum Gasteiger partial charge on any atom is -0.464 e. The summed E-state index contributed by atoms with van der Waals surface area (Å²) in [5.41, 5.74) is 3.63. The third kappa shape index (κ3) is 4.30. The van der Waals surface area contributed by atoms with Gasteiger partial charge < -0.3 is 4.74 Å². The Morgan fingerprint density at radius 1 is 1.22 bits per heavy atom. The van der Waals surface area contributed by atoms with Crippen LogP contribution in [0.4, 0.5) is 0 Å². The molecule has 0 bridgehead atoms. The van der Waals surface area contributed by atoms with Crippen molar-refractivity contribution in [1.82, 2.24) is 14.5 Å². The van der Waals surface area contributed by atoms with Crippen molar-refractivity contribution in [1.29, 1.82) is 5.26 Å². The number of imidazole rings is 1. The second kappa shape index (κ2) is 10.0. The van der Waals surface area contributed by atoms with E-state index >= 15 is 0 Å². The number of rotatable bonds is 7. The average Bonchev–Trinajstić information content (AvgIpc) is 3.27. The minimum absolute atomic E-state index is 0.168. The van der Waals surface area contributed by atoms with Crippen LogP contribution in [0, 0.1) is 16.7 Å². The highest BCUT2D eigenvalue weighted by Gasteiger charge is 2.52. The second-order valence-corrected chi connectivity index (χ2v) is 9.50. The fraction of sp³-hybridized carbons (Fsp3) is 0.429. The molecule has 2 saturated carbocycles. The molecule has 8 heteroatoms. The molecule has 184 valence electrons. The number of hydrogen-bond donors (Lipinski definition) is 0. The first kappa shape index (κ1) is 23.9. The number of Topliss-reactive ketones (excluding diaryl/α,β-unsaturated/α-hetero) is 1. The number of carbonyl (C=O) groups is 2. The molecule has 0 amide bonds. The summed E-state index contributed by atoms with van der Waals surface area (Å²) < 4.78 is 7.23. The molecule has 0 saturated heterocycles. The second-order valence-electron chi connectivity index (χ2n) is 9.50. The molecule has 2 aliphatic carbocycles. The SMILES string of the molecule is CCOC(=O)[C@H](Cc1ccc(-n2c(CC#N)nc3cccnc32)cc1)N=C1CC(=O)C12CCCCC2. The Morgan fingerprint density at radius 2 is 2.00 bits per heavy atom. The average molecular weight is 484 g/mol. The largest absolute Gasteiger partial charge is 0.464 e. The van der Waals surface area contributed by atoms with Gasteiger partial charge in [-0.1, -0.05) is 31.4 Å². The van der Waals surface area contributed by atoms with Gasteiger partial charge in [-0.15, -0.1) is 0 Å². The lowest BCUT2D eigenvalue weighted by atomic mass is 9.58. The summed E-state index contributed by atoms with van der Waals surface area (Å²) in [4.78, 5) is 39.2. The molecule has 0 N–H and O–H groups in total. The molecule has 1 spiro atoms. The maximum Gasteiger partial charge on any atom is 0.331 e. The third-order valence-corrected chi connectivity index (χ3v) is 7.34. The summed E-state index contributed by atoms with van der Waals surface area (Å²) in [5, 5.41) is 9.26. The number of pyridine rings is 1. The monoisotopic (exact) mass is 483 g/mol. The minimum atomic E-state index is -0.678. The summed E-state index contributed by atoms with van der Waals surface area (Å²) in [7, 11) is 0. The Bertz CT molecular complexity index is 1360. The molecule has 0 radical (unpaired) electrons. The molecule has 5 rings (SSSR count). The van der Waals surface area contributed by atoms with Gasteiger partial charge in [0.2, 0.25) is 0 Å².